The van der Waals surface area contributed by atoms with Crippen molar-refractivity contribution in [1.82, 2.24) is 0 Å². The molecule has 1 aromatic carbocycles. The molecule has 1 aromatic rings. The molecule has 0 saturated carbocycles. The second-order valence-electron chi connectivity index (χ2n) is 5.02. The van der Waals surface area contributed by atoms with Gasteiger partial charge in [-0.25, -0.2) is 4.39 Å². The molecule has 0 saturated heterocycles. The summed E-state index contributed by atoms with van der Waals surface area (Å²) in [6.07, 6.45) is 0.849. The largest absolute Gasteiger partial charge is 0.207 e. The zero-order valence-corrected chi connectivity index (χ0v) is 13.4. The minimum atomic E-state index is -0.234. The summed E-state index contributed by atoms with van der Waals surface area (Å²) in [6, 6.07) is 3.08. The Hall–Kier alpha value is 0.400. The highest BCUT2D eigenvalue weighted by Crippen LogP contribution is 2.39. The van der Waals surface area contributed by atoms with E-state index in [1.165, 1.54) is 6.07 Å². The van der Waals surface area contributed by atoms with Crippen molar-refractivity contribution >= 4 is 43.5 Å². The molecule has 0 N–H and O–H groups in total. The van der Waals surface area contributed by atoms with E-state index in [0.717, 1.165) is 6.42 Å². The van der Waals surface area contributed by atoms with E-state index in [2.05, 4.69) is 52.6 Å². The Balaban J connectivity index is 3.00. The molecule has 0 heterocycles. The van der Waals surface area contributed by atoms with Gasteiger partial charge in [0.25, 0.3) is 0 Å². The van der Waals surface area contributed by atoms with Crippen LogP contribution in [0, 0.1) is 11.2 Å². The van der Waals surface area contributed by atoms with Gasteiger partial charge in [-0.05, 0) is 39.9 Å². The molecule has 1 atom stereocenters. The third kappa shape index (κ3) is 4.01. The van der Waals surface area contributed by atoms with Crippen LogP contribution >= 0.6 is 43.5 Å². The van der Waals surface area contributed by atoms with Crippen LogP contribution in [-0.2, 0) is 0 Å². The van der Waals surface area contributed by atoms with Crippen molar-refractivity contribution in [3.8, 4) is 0 Å². The Morgan fingerprint density at radius 1 is 1.38 bits per heavy atom. The van der Waals surface area contributed by atoms with E-state index >= 15 is 0 Å². The number of hydrogen-bond donors (Lipinski definition) is 0. The number of hydrogen-bond acceptors (Lipinski definition) is 0. The standard InChI is InChI=1S/C12H14Br2ClF/c1-12(2,3)6-9(14)7-4-10(15)8(13)5-11(7)16/h4-5,9H,6H2,1-3H3. The summed E-state index contributed by atoms with van der Waals surface area (Å²) in [5.74, 6) is -0.234. The lowest BCUT2D eigenvalue weighted by Crippen LogP contribution is -2.09. The van der Waals surface area contributed by atoms with Crippen LogP contribution in [0.3, 0.4) is 0 Å². The van der Waals surface area contributed by atoms with Gasteiger partial charge in [-0.2, -0.15) is 0 Å². The van der Waals surface area contributed by atoms with Crippen LogP contribution in [-0.4, -0.2) is 0 Å². The molecular formula is C12H14Br2ClF. The molecule has 0 aliphatic carbocycles. The SMILES string of the molecule is CC(C)(C)CC(Br)c1cc(Cl)c(Br)cc1F. The first kappa shape index (κ1) is 14.5. The van der Waals surface area contributed by atoms with E-state index in [4.69, 9.17) is 11.6 Å². The van der Waals surface area contributed by atoms with Crippen LogP contribution in [0.25, 0.3) is 0 Å². The van der Waals surface area contributed by atoms with Gasteiger partial charge in [-0.15, -0.1) is 0 Å². The topological polar surface area (TPSA) is 0 Å². The highest BCUT2D eigenvalue weighted by molar-refractivity contribution is 9.10. The van der Waals surface area contributed by atoms with Crippen molar-refractivity contribution in [2.24, 2.45) is 5.41 Å². The van der Waals surface area contributed by atoms with Crippen LogP contribution in [0.1, 0.15) is 37.6 Å². The number of alkyl halides is 1. The Kier molecular flexibility index (Phi) is 4.85. The van der Waals surface area contributed by atoms with Gasteiger partial charge in [0, 0.05) is 14.9 Å². The van der Waals surface area contributed by atoms with Gasteiger partial charge < -0.3 is 0 Å². The summed E-state index contributed by atoms with van der Waals surface area (Å²) in [7, 11) is 0. The molecule has 90 valence electrons. The first-order valence-electron chi connectivity index (χ1n) is 4.99. The van der Waals surface area contributed by atoms with Gasteiger partial charge in [-0.3, -0.25) is 0 Å². The molecule has 0 amide bonds. The molecule has 0 bridgehead atoms. The lowest BCUT2D eigenvalue weighted by atomic mass is 9.88. The van der Waals surface area contributed by atoms with Crippen molar-refractivity contribution < 1.29 is 4.39 Å². The zero-order valence-electron chi connectivity index (χ0n) is 9.45. The van der Waals surface area contributed by atoms with E-state index in [1.54, 1.807) is 6.07 Å². The van der Waals surface area contributed by atoms with Gasteiger partial charge in [0.1, 0.15) is 5.82 Å². The third-order valence-electron chi connectivity index (χ3n) is 2.17. The zero-order chi connectivity index (χ0) is 12.5. The fourth-order valence-corrected chi connectivity index (χ4v) is 3.24. The third-order valence-corrected chi connectivity index (χ3v) is 4.18. The highest BCUT2D eigenvalue weighted by atomic mass is 79.9. The summed E-state index contributed by atoms with van der Waals surface area (Å²) in [4.78, 5) is -0.0156. The average Bonchev–Trinajstić information content (AvgIpc) is 2.08. The normalized spacial score (nSPS) is 13.9. The molecule has 4 heteroatoms. The maximum Gasteiger partial charge on any atom is 0.128 e. The Morgan fingerprint density at radius 2 is 1.94 bits per heavy atom. The summed E-state index contributed by atoms with van der Waals surface area (Å²) in [5, 5.41) is 0.537. The van der Waals surface area contributed by atoms with Gasteiger partial charge in [0.15, 0.2) is 0 Å². The molecule has 0 spiro atoms. The second-order valence-corrected chi connectivity index (χ2v) is 7.39. The van der Waals surface area contributed by atoms with Crippen LogP contribution in [0.4, 0.5) is 4.39 Å². The lowest BCUT2D eigenvalue weighted by Gasteiger charge is -2.22. The van der Waals surface area contributed by atoms with Crippen molar-refractivity contribution in [2.45, 2.75) is 32.0 Å². The van der Waals surface area contributed by atoms with E-state index in [9.17, 15) is 4.39 Å². The molecular weight excluding hydrogens is 358 g/mol. The summed E-state index contributed by atoms with van der Waals surface area (Å²) in [5.41, 5.74) is 0.753. The van der Waals surface area contributed by atoms with Crippen molar-refractivity contribution in [3.05, 3.63) is 33.0 Å². The molecule has 0 aliphatic rings. The molecule has 0 fully saturated rings. The molecule has 0 aromatic heterocycles. The van der Waals surface area contributed by atoms with Crippen molar-refractivity contribution in [3.63, 3.8) is 0 Å². The van der Waals surface area contributed by atoms with Crippen molar-refractivity contribution in [1.29, 1.82) is 0 Å². The van der Waals surface area contributed by atoms with Crippen LogP contribution in [0.2, 0.25) is 5.02 Å². The van der Waals surface area contributed by atoms with E-state index in [1.807, 2.05) is 0 Å². The monoisotopic (exact) mass is 370 g/mol. The molecule has 1 rings (SSSR count). The van der Waals surface area contributed by atoms with E-state index < -0.39 is 0 Å². The fourth-order valence-electron chi connectivity index (χ4n) is 1.43. The maximum atomic E-state index is 13.7. The summed E-state index contributed by atoms with van der Waals surface area (Å²) >= 11 is 12.7. The molecule has 16 heavy (non-hydrogen) atoms. The number of benzene rings is 1. The second kappa shape index (κ2) is 5.36. The molecule has 1 unspecified atom stereocenters. The maximum absolute atomic E-state index is 13.7. The minimum absolute atomic E-state index is 0.0156. The van der Waals surface area contributed by atoms with Gasteiger partial charge >= 0.3 is 0 Å². The molecule has 0 aliphatic heterocycles. The van der Waals surface area contributed by atoms with Crippen molar-refractivity contribution in [2.75, 3.05) is 0 Å². The number of rotatable bonds is 2. The van der Waals surface area contributed by atoms with Gasteiger partial charge in [0.05, 0.1) is 5.02 Å². The smallest absolute Gasteiger partial charge is 0.128 e. The van der Waals surface area contributed by atoms with Gasteiger partial charge in [-0.1, -0.05) is 48.3 Å². The highest BCUT2D eigenvalue weighted by Gasteiger charge is 2.21. The number of halogens is 4. The summed E-state index contributed by atoms with van der Waals surface area (Å²) < 4.78 is 14.3. The quantitative estimate of drug-likeness (QED) is 0.434. The Bertz CT molecular complexity index is 385. The first-order chi connectivity index (χ1) is 7.20. The molecule has 0 nitrogen and oxygen atoms in total. The van der Waals surface area contributed by atoms with Crippen LogP contribution in [0.5, 0.6) is 0 Å². The average molecular weight is 373 g/mol. The first-order valence-corrected chi connectivity index (χ1v) is 7.08. The van der Waals surface area contributed by atoms with Crippen LogP contribution < -0.4 is 0 Å². The Morgan fingerprint density at radius 3 is 2.44 bits per heavy atom. The van der Waals surface area contributed by atoms with Crippen LogP contribution in [0.15, 0.2) is 16.6 Å². The predicted molar refractivity (Wildman–Crippen MR) is 74.9 cm³/mol. The summed E-state index contributed by atoms with van der Waals surface area (Å²) in [6.45, 7) is 6.37. The minimum Gasteiger partial charge on any atom is -0.207 e. The lowest BCUT2D eigenvalue weighted by molar-refractivity contribution is 0.374. The van der Waals surface area contributed by atoms with Gasteiger partial charge in [0.2, 0.25) is 0 Å². The van der Waals surface area contributed by atoms with E-state index in [0.29, 0.717) is 15.1 Å². The Labute approximate surface area is 118 Å². The predicted octanol–water partition coefficient (Wildman–Crippen LogP) is 6.11. The fraction of sp³-hybridized carbons (Fsp3) is 0.500. The van der Waals surface area contributed by atoms with E-state index in [-0.39, 0.29) is 16.1 Å². The molecule has 0 radical (unpaired) electrons.